The topological polar surface area (TPSA) is 34.1 Å². The zero-order valence-electron chi connectivity index (χ0n) is 9.86. The lowest BCUT2D eigenvalue weighted by molar-refractivity contribution is 0.103. The molecule has 0 radical (unpaired) electrons. The van der Waals surface area contributed by atoms with Gasteiger partial charge in [-0.05, 0) is 50.4 Å². The Morgan fingerprint density at radius 2 is 2.31 bits per heavy atom. The zero-order valence-corrected chi connectivity index (χ0v) is 9.86. The highest BCUT2D eigenvalue weighted by molar-refractivity contribution is 5.13. The van der Waals surface area contributed by atoms with Gasteiger partial charge in [0.15, 0.2) is 0 Å². The van der Waals surface area contributed by atoms with Crippen molar-refractivity contribution in [3.05, 3.63) is 30.1 Å². The molecule has 0 bridgehead atoms. The lowest BCUT2D eigenvalue weighted by Gasteiger charge is -2.15. The molecule has 0 aliphatic carbocycles. The van der Waals surface area contributed by atoms with Gasteiger partial charge in [0.1, 0.15) is 0 Å². The summed E-state index contributed by atoms with van der Waals surface area (Å²) in [4.78, 5) is 4.02. The van der Waals surface area contributed by atoms with E-state index in [-0.39, 0.29) is 0 Å². The van der Waals surface area contributed by atoms with Crippen molar-refractivity contribution in [2.75, 3.05) is 13.2 Å². The van der Waals surface area contributed by atoms with E-state index in [4.69, 9.17) is 4.74 Å². The maximum absolute atomic E-state index is 5.59. The van der Waals surface area contributed by atoms with Crippen molar-refractivity contribution in [1.29, 1.82) is 0 Å². The summed E-state index contributed by atoms with van der Waals surface area (Å²) >= 11 is 0. The van der Waals surface area contributed by atoms with Crippen molar-refractivity contribution in [3.63, 3.8) is 0 Å². The fraction of sp³-hybridized carbons (Fsp3) is 0.615. The Morgan fingerprint density at radius 1 is 1.50 bits per heavy atom. The minimum Gasteiger partial charge on any atom is -0.378 e. The predicted octanol–water partition coefficient (Wildman–Crippen LogP) is 2.30. The van der Waals surface area contributed by atoms with Crippen LogP contribution in [0.1, 0.15) is 37.8 Å². The molecule has 1 saturated heterocycles. The van der Waals surface area contributed by atoms with E-state index in [9.17, 15) is 0 Å². The third kappa shape index (κ3) is 3.29. The van der Waals surface area contributed by atoms with Crippen LogP contribution in [0.4, 0.5) is 0 Å². The van der Waals surface area contributed by atoms with Gasteiger partial charge in [0, 0.05) is 25.0 Å². The molecular weight excluding hydrogens is 200 g/mol. The van der Waals surface area contributed by atoms with Gasteiger partial charge in [0.2, 0.25) is 0 Å². The summed E-state index contributed by atoms with van der Waals surface area (Å²) in [5.41, 5.74) is 1.29. The van der Waals surface area contributed by atoms with Crippen molar-refractivity contribution in [2.45, 2.75) is 38.3 Å². The van der Waals surface area contributed by atoms with Crippen LogP contribution in [0.25, 0.3) is 0 Å². The van der Waals surface area contributed by atoms with Crippen LogP contribution in [-0.4, -0.2) is 24.2 Å². The van der Waals surface area contributed by atoms with Crippen LogP contribution < -0.4 is 5.32 Å². The van der Waals surface area contributed by atoms with Crippen LogP contribution in [-0.2, 0) is 4.74 Å². The number of nitrogens with one attached hydrogen (secondary N) is 1. The second-order valence-corrected chi connectivity index (χ2v) is 4.38. The maximum Gasteiger partial charge on any atom is 0.0588 e. The van der Waals surface area contributed by atoms with Gasteiger partial charge in [-0.3, -0.25) is 4.98 Å². The minimum atomic E-state index is 0.393. The van der Waals surface area contributed by atoms with E-state index in [2.05, 4.69) is 29.4 Å². The average molecular weight is 220 g/mol. The van der Waals surface area contributed by atoms with E-state index in [0.717, 1.165) is 19.6 Å². The Balaban J connectivity index is 1.69. The summed E-state index contributed by atoms with van der Waals surface area (Å²) in [5.74, 6) is 0. The molecule has 1 unspecified atom stereocenters. The summed E-state index contributed by atoms with van der Waals surface area (Å²) in [6.07, 6.45) is 7.74. The zero-order chi connectivity index (χ0) is 11.2. The van der Waals surface area contributed by atoms with Gasteiger partial charge >= 0.3 is 0 Å². The van der Waals surface area contributed by atoms with Crippen LogP contribution in [0, 0.1) is 0 Å². The van der Waals surface area contributed by atoms with E-state index in [0.29, 0.717) is 12.1 Å². The Kier molecular flexibility index (Phi) is 4.31. The van der Waals surface area contributed by atoms with Crippen LogP contribution >= 0.6 is 0 Å². The first-order valence-corrected chi connectivity index (χ1v) is 6.11. The van der Waals surface area contributed by atoms with Crippen LogP contribution in [0.3, 0.4) is 0 Å². The molecule has 1 aliphatic heterocycles. The SMILES string of the molecule is C[C@H](NCCC1CCCO1)c1ccncc1. The highest BCUT2D eigenvalue weighted by Crippen LogP contribution is 2.15. The molecule has 1 N–H and O–H groups in total. The lowest BCUT2D eigenvalue weighted by atomic mass is 10.1. The summed E-state index contributed by atoms with van der Waals surface area (Å²) in [7, 11) is 0. The van der Waals surface area contributed by atoms with Crippen molar-refractivity contribution in [1.82, 2.24) is 10.3 Å². The number of hydrogen-bond donors (Lipinski definition) is 1. The number of rotatable bonds is 5. The Bertz CT molecular complexity index is 296. The van der Waals surface area contributed by atoms with Gasteiger partial charge in [-0.1, -0.05) is 0 Å². The molecule has 16 heavy (non-hydrogen) atoms. The Labute approximate surface area is 97.2 Å². The fourth-order valence-corrected chi connectivity index (χ4v) is 2.10. The van der Waals surface area contributed by atoms with E-state index in [1.54, 1.807) is 0 Å². The van der Waals surface area contributed by atoms with Gasteiger partial charge in [0.05, 0.1) is 6.10 Å². The van der Waals surface area contributed by atoms with Gasteiger partial charge in [-0.2, -0.15) is 0 Å². The van der Waals surface area contributed by atoms with Gasteiger partial charge in [0.25, 0.3) is 0 Å². The molecular formula is C13H20N2O. The summed E-state index contributed by atoms with van der Waals surface area (Å²) in [6.45, 7) is 4.16. The number of hydrogen-bond acceptors (Lipinski definition) is 3. The molecule has 1 aromatic rings. The molecule has 3 heteroatoms. The summed E-state index contributed by atoms with van der Waals surface area (Å²) < 4.78 is 5.59. The van der Waals surface area contributed by atoms with Crippen molar-refractivity contribution < 1.29 is 4.74 Å². The van der Waals surface area contributed by atoms with Gasteiger partial charge < -0.3 is 10.1 Å². The molecule has 2 heterocycles. The number of pyridine rings is 1. The molecule has 88 valence electrons. The first kappa shape index (κ1) is 11.6. The smallest absolute Gasteiger partial charge is 0.0588 e. The fourth-order valence-electron chi connectivity index (χ4n) is 2.10. The Hall–Kier alpha value is -0.930. The largest absolute Gasteiger partial charge is 0.378 e. The van der Waals surface area contributed by atoms with Crippen LogP contribution in [0.2, 0.25) is 0 Å². The third-order valence-corrected chi connectivity index (χ3v) is 3.15. The molecule has 1 fully saturated rings. The molecule has 3 nitrogen and oxygen atoms in total. The monoisotopic (exact) mass is 220 g/mol. The maximum atomic E-state index is 5.59. The lowest BCUT2D eigenvalue weighted by Crippen LogP contribution is -2.23. The van der Waals surface area contributed by atoms with Crippen LogP contribution in [0.15, 0.2) is 24.5 Å². The van der Waals surface area contributed by atoms with E-state index in [1.165, 1.54) is 18.4 Å². The molecule has 0 spiro atoms. The first-order chi connectivity index (χ1) is 7.86. The normalized spacial score (nSPS) is 22.2. The van der Waals surface area contributed by atoms with Crippen molar-refractivity contribution >= 4 is 0 Å². The van der Waals surface area contributed by atoms with Crippen LogP contribution in [0.5, 0.6) is 0 Å². The molecule has 0 saturated carbocycles. The molecule has 2 atom stereocenters. The Morgan fingerprint density at radius 3 is 3.00 bits per heavy atom. The molecule has 2 rings (SSSR count). The molecule has 0 amide bonds. The highest BCUT2D eigenvalue weighted by atomic mass is 16.5. The summed E-state index contributed by atoms with van der Waals surface area (Å²) in [5, 5.41) is 3.52. The highest BCUT2D eigenvalue weighted by Gasteiger charge is 2.15. The molecule has 1 aromatic heterocycles. The average Bonchev–Trinajstić information content (AvgIpc) is 2.83. The first-order valence-electron chi connectivity index (χ1n) is 6.11. The number of aromatic nitrogens is 1. The molecule has 1 aliphatic rings. The molecule has 0 aromatic carbocycles. The minimum absolute atomic E-state index is 0.393. The van der Waals surface area contributed by atoms with E-state index in [1.807, 2.05) is 12.4 Å². The third-order valence-electron chi connectivity index (χ3n) is 3.15. The second kappa shape index (κ2) is 5.97. The number of ether oxygens (including phenoxy) is 1. The standard InChI is InChI=1S/C13H20N2O/c1-11(12-4-7-14-8-5-12)15-9-6-13-3-2-10-16-13/h4-5,7-8,11,13,15H,2-3,6,9-10H2,1H3/t11-,13?/m0/s1. The summed E-state index contributed by atoms with van der Waals surface area (Å²) in [6, 6.07) is 4.51. The van der Waals surface area contributed by atoms with Gasteiger partial charge in [-0.15, -0.1) is 0 Å². The van der Waals surface area contributed by atoms with Gasteiger partial charge in [-0.25, -0.2) is 0 Å². The second-order valence-electron chi connectivity index (χ2n) is 4.38. The number of nitrogens with zero attached hydrogens (tertiary/aromatic N) is 1. The predicted molar refractivity (Wildman–Crippen MR) is 64.2 cm³/mol. The van der Waals surface area contributed by atoms with Crippen molar-refractivity contribution in [2.24, 2.45) is 0 Å². The van der Waals surface area contributed by atoms with E-state index < -0.39 is 0 Å². The van der Waals surface area contributed by atoms with Crippen molar-refractivity contribution in [3.8, 4) is 0 Å². The van der Waals surface area contributed by atoms with E-state index >= 15 is 0 Å². The quantitative estimate of drug-likeness (QED) is 0.826.